The third kappa shape index (κ3) is 1.59. The van der Waals surface area contributed by atoms with Crippen molar-refractivity contribution >= 4 is 17.2 Å². The molecular weight excluding hydrogens is 139 g/mol. The van der Waals surface area contributed by atoms with Crippen LogP contribution in [0.25, 0.3) is 0 Å². The van der Waals surface area contributed by atoms with Gasteiger partial charge in [-0.05, 0) is 0 Å². The zero-order valence-corrected chi connectivity index (χ0v) is 5.75. The summed E-state index contributed by atoms with van der Waals surface area (Å²) in [5.41, 5.74) is 5.26. The predicted molar refractivity (Wildman–Crippen MR) is 38.1 cm³/mol. The van der Waals surface area contributed by atoms with Gasteiger partial charge in [-0.25, -0.2) is 4.39 Å². The van der Waals surface area contributed by atoms with Crippen molar-refractivity contribution in [2.45, 2.75) is 18.6 Å². The van der Waals surface area contributed by atoms with Crippen molar-refractivity contribution in [1.82, 2.24) is 5.32 Å². The van der Waals surface area contributed by atoms with Gasteiger partial charge in [0.1, 0.15) is 6.17 Å². The highest BCUT2D eigenvalue weighted by atomic mass is 32.1. The Morgan fingerprint density at radius 3 is 2.67 bits per heavy atom. The fourth-order valence-corrected chi connectivity index (χ4v) is 1.09. The van der Waals surface area contributed by atoms with E-state index in [0.29, 0.717) is 18.0 Å². The summed E-state index contributed by atoms with van der Waals surface area (Å²) in [6, 6.07) is -0.0741. The van der Waals surface area contributed by atoms with Gasteiger partial charge in [0.15, 0.2) is 0 Å². The van der Waals surface area contributed by atoms with Crippen LogP contribution < -0.4 is 11.1 Å². The lowest BCUT2D eigenvalue weighted by Crippen LogP contribution is -2.34. The third-order valence-corrected chi connectivity index (χ3v) is 1.71. The van der Waals surface area contributed by atoms with Crippen molar-refractivity contribution in [3.8, 4) is 0 Å². The minimum Gasteiger partial charge on any atom is -0.392 e. The van der Waals surface area contributed by atoms with E-state index < -0.39 is 6.17 Å². The molecule has 1 heterocycles. The van der Waals surface area contributed by atoms with Crippen LogP contribution in [0.1, 0.15) is 6.42 Å². The number of nitrogens with two attached hydrogens (primary N) is 1. The van der Waals surface area contributed by atoms with E-state index in [1.165, 1.54) is 0 Å². The van der Waals surface area contributed by atoms with E-state index in [9.17, 15) is 4.39 Å². The highest BCUT2D eigenvalue weighted by molar-refractivity contribution is 7.80. The molecule has 0 aromatic rings. The van der Waals surface area contributed by atoms with Crippen molar-refractivity contribution in [2.75, 3.05) is 6.54 Å². The molecule has 0 aromatic heterocycles. The molecule has 1 fully saturated rings. The highest BCUT2D eigenvalue weighted by Gasteiger charge is 2.24. The van der Waals surface area contributed by atoms with Crippen LogP contribution in [0.5, 0.6) is 0 Å². The number of rotatable bonds is 1. The number of hydrogen-bond donors (Lipinski definition) is 2. The quantitative estimate of drug-likeness (QED) is 0.513. The van der Waals surface area contributed by atoms with Gasteiger partial charge in [0.05, 0.1) is 11.0 Å². The predicted octanol–water partition coefficient (Wildman–Crippen LogP) is -0.0275. The fourth-order valence-electron chi connectivity index (χ4n) is 0.909. The molecule has 1 rings (SSSR count). The Kier molecular flexibility index (Phi) is 1.97. The monoisotopic (exact) mass is 148 g/mol. The average molecular weight is 148 g/mol. The van der Waals surface area contributed by atoms with Crippen LogP contribution in [0.2, 0.25) is 0 Å². The second-order valence-corrected chi connectivity index (χ2v) is 2.67. The van der Waals surface area contributed by atoms with Gasteiger partial charge in [0, 0.05) is 13.0 Å². The zero-order chi connectivity index (χ0) is 6.85. The Hall–Kier alpha value is -0.220. The summed E-state index contributed by atoms with van der Waals surface area (Å²) in [5.74, 6) is 0. The van der Waals surface area contributed by atoms with E-state index in [1.807, 2.05) is 0 Å². The van der Waals surface area contributed by atoms with Crippen LogP contribution in [0.3, 0.4) is 0 Å². The van der Waals surface area contributed by atoms with E-state index in [4.69, 9.17) is 5.73 Å². The summed E-state index contributed by atoms with van der Waals surface area (Å²) in [6.07, 6.45) is -0.327. The van der Waals surface area contributed by atoms with E-state index in [-0.39, 0.29) is 6.04 Å². The van der Waals surface area contributed by atoms with Gasteiger partial charge in [0.25, 0.3) is 0 Å². The molecule has 3 N–H and O–H groups in total. The first kappa shape index (κ1) is 6.89. The Labute approximate surface area is 58.6 Å². The van der Waals surface area contributed by atoms with Gasteiger partial charge >= 0.3 is 0 Å². The Balaban J connectivity index is 2.39. The molecule has 1 saturated heterocycles. The normalized spacial score (nSPS) is 34.8. The molecule has 2 nitrogen and oxygen atoms in total. The first-order valence-corrected chi connectivity index (χ1v) is 3.27. The van der Waals surface area contributed by atoms with Crippen LogP contribution in [-0.4, -0.2) is 23.7 Å². The van der Waals surface area contributed by atoms with Gasteiger partial charge in [0.2, 0.25) is 0 Å². The lowest BCUT2D eigenvalue weighted by molar-refractivity contribution is 0.359. The summed E-state index contributed by atoms with van der Waals surface area (Å²) in [5, 5.41) is 2.86. The molecular formula is C5H9FN2S. The lowest BCUT2D eigenvalue weighted by atomic mass is 10.2. The van der Waals surface area contributed by atoms with E-state index >= 15 is 0 Å². The molecule has 9 heavy (non-hydrogen) atoms. The maximum absolute atomic E-state index is 12.4. The summed E-state index contributed by atoms with van der Waals surface area (Å²) in [7, 11) is 0. The number of hydrogen-bond acceptors (Lipinski definition) is 2. The number of alkyl halides is 1. The first-order chi connectivity index (χ1) is 4.20. The zero-order valence-electron chi connectivity index (χ0n) is 4.93. The first-order valence-electron chi connectivity index (χ1n) is 2.87. The molecule has 0 radical (unpaired) electrons. The highest BCUT2D eigenvalue weighted by Crippen LogP contribution is 2.09. The SMILES string of the molecule is NC(=S)[C@@H]1CC(F)CN1. The van der Waals surface area contributed by atoms with Gasteiger partial charge < -0.3 is 11.1 Å². The molecule has 1 aliphatic rings. The molecule has 0 spiro atoms. The van der Waals surface area contributed by atoms with Crippen molar-refractivity contribution in [3.63, 3.8) is 0 Å². The molecule has 1 aliphatic heterocycles. The van der Waals surface area contributed by atoms with Crippen molar-refractivity contribution in [3.05, 3.63) is 0 Å². The van der Waals surface area contributed by atoms with Crippen LogP contribution in [0.15, 0.2) is 0 Å². The van der Waals surface area contributed by atoms with Crippen molar-refractivity contribution in [2.24, 2.45) is 5.73 Å². The second kappa shape index (κ2) is 2.58. The van der Waals surface area contributed by atoms with Crippen molar-refractivity contribution in [1.29, 1.82) is 0 Å². The fraction of sp³-hybridized carbons (Fsp3) is 0.800. The van der Waals surface area contributed by atoms with Crippen LogP contribution in [-0.2, 0) is 0 Å². The Bertz CT molecular complexity index is 128. The number of thiocarbonyl (C=S) groups is 1. The lowest BCUT2D eigenvalue weighted by Gasteiger charge is -2.04. The topological polar surface area (TPSA) is 38.0 Å². The molecule has 2 atom stereocenters. The van der Waals surface area contributed by atoms with Gasteiger partial charge in [-0.1, -0.05) is 12.2 Å². The Morgan fingerprint density at radius 2 is 2.44 bits per heavy atom. The van der Waals surface area contributed by atoms with Crippen LogP contribution in [0, 0.1) is 0 Å². The molecule has 0 aromatic carbocycles. The van der Waals surface area contributed by atoms with Crippen LogP contribution >= 0.6 is 12.2 Å². The minimum atomic E-state index is -0.767. The molecule has 0 aliphatic carbocycles. The minimum absolute atomic E-state index is 0.0741. The summed E-state index contributed by atoms with van der Waals surface area (Å²) in [6.45, 7) is 0.391. The molecule has 0 saturated carbocycles. The van der Waals surface area contributed by atoms with Gasteiger partial charge in [-0.3, -0.25) is 0 Å². The standard InChI is InChI=1S/C5H9FN2S/c6-3-1-4(5(7)9)8-2-3/h3-4,8H,1-2H2,(H2,7,9)/t3?,4-/m0/s1. The Morgan fingerprint density at radius 1 is 1.78 bits per heavy atom. The molecule has 0 amide bonds. The largest absolute Gasteiger partial charge is 0.392 e. The van der Waals surface area contributed by atoms with Crippen LogP contribution in [0.4, 0.5) is 4.39 Å². The van der Waals surface area contributed by atoms with E-state index in [2.05, 4.69) is 17.5 Å². The van der Waals surface area contributed by atoms with E-state index in [1.54, 1.807) is 0 Å². The molecule has 52 valence electrons. The summed E-state index contributed by atoms with van der Waals surface area (Å²) >= 11 is 4.66. The number of halogens is 1. The maximum Gasteiger partial charge on any atom is 0.114 e. The van der Waals surface area contributed by atoms with E-state index in [0.717, 1.165) is 0 Å². The van der Waals surface area contributed by atoms with Gasteiger partial charge in [-0.15, -0.1) is 0 Å². The molecule has 0 bridgehead atoms. The third-order valence-electron chi connectivity index (χ3n) is 1.42. The number of nitrogens with one attached hydrogen (secondary N) is 1. The molecule has 4 heteroatoms. The van der Waals surface area contributed by atoms with Gasteiger partial charge in [-0.2, -0.15) is 0 Å². The smallest absolute Gasteiger partial charge is 0.114 e. The maximum atomic E-state index is 12.4. The summed E-state index contributed by atoms with van der Waals surface area (Å²) in [4.78, 5) is 0.371. The molecule has 1 unspecified atom stereocenters. The summed E-state index contributed by atoms with van der Waals surface area (Å²) < 4.78 is 12.4. The van der Waals surface area contributed by atoms with Crippen molar-refractivity contribution < 1.29 is 4.39 Å². The second-order valence-electron chi connectivity index (χ2n) is 2.20. The average Bonchev–Trinajstić information content (AvgIpc) is 2.14.